The van der Waals surface area contributed by atoms with Crippen LogP contribution in [-0.4, -0.2) is 47.8 Å². The number of nitrogens with one attached hydrogen (secondary N) is 1. The molecule has 3 atom stereocenters. The molecular weight excluding hydrogens is 596 g/mol. The van der Waals surface area contributed by atoms with Crippen LogP contribution in [0.5, 0.6) is 11.5 Å². The van der Waals surface area contributed by atoms with E-state index in [1.54, 1.807) is 49.4 Å². The van der Waals surface area contributed by atoms with Gasteiger partial charge in [0.05, 0.1) is 29.8 Å². The SMILES string of the molecule is CCOC(=O)COc1ccc([C@H]2c3sc(=O)[nH]c3SC3C(=O)N(c4ccc(Br)cc4)C(=O)C32)cc1OCC. The van der Waals surface area contributed by atoms with Crippen molar-refractivity contribution in [1.82, 2.24) is 4.98 Å². The van der Waals surface area contributed by atoms with Crippen LogP contribution in [0.4, 0.5) is 5.69 Å². The summed E-state index contributed by atoms with van der Waals surface area (Å²) < 4.78 is 17.2. The molecule has 198 valence electrons. The highest BCUT2D eigenvalue weighted by atomic mass is 79.9. The van der Waals surface area contributed by atoms with E-state index in [-0.39, 0.29) is 29.9 Å². The van der Waals surface area contributed by atoms with E-state index in [1.807, 2.05) is 6.92 Å². The lowest BCUT2D eigenvalue weighted by atomic mass is 9.83. The number of carbonyl (C=O) groups excluding carboxylic acids is 3. The zero-order chi connectivity index (χ0) is 27.0. The molecule has 12 heteroatoms. The second-order valence-corrected chi connectivity index (χ2v) is 11.6. The van der Waals surface area contributed by atoms with Gasteiger partial charge in [0, 0.05) is 15.3 Å². The first kappa shape index (κ1) is 26.5. The van der Waals surface area contributed by atoms with Crippen LogP contribution in [0.2, 0.25) is 0 Å². The van der Waals surface area contributed by atoms with Crippen LogP contribution in [0.3, 0.4) is 0 Å². The number of aromatic amines is 1. The molecule has 38 heavy (non-hydrogen) atoms. The molecule has 3 heterocycles. The molecule has 3 aromatic rings. The van der Waals surface area contributed by atoms with Gasteiger partial charge in [-0.2, -0.15) is 0 Å². The van der Waals surface area contributed by atoms with Crippen molar-refractivity contribution >= 4 is 62.5 Å². The van der Waals surface area contributed by atoms with Crippen LogP contribution in [0.15, 0.2) is 56.8 Å². The standard InChI is InChI=1S/C26H23BrN2O7S2/c1-3-34-17-11-13(5-10-16(17)36-12-18(30)35-4-2)19-20-22(37-23-21(19)38-26(33)28-23)25(32)29(24(20)31)15-8-6-14(27)7-9-15/h5-11,19-20,22H,3-4,12H2,1-2H3,(H,28,33)/t19-,20?,22?/m1/s1. The Morgan fingerprint density at radius 1 is 1.00 bits per heavy atom. The number of fused-ring (bicyclic) bond motifs is 2. The number of thioether (sulfide) groups is 1. The molecule has 2 unspecified atom stereocenters. The van der Waals surface area contributed by atoms with Crippen LogP contribution in [0, 0.1) is 5.92 Å². The highest BCUT2D eigenvalue weighted by Crippen LogP contribution is 2.53. The van der Waals surface area contributed by atoms with E-state index in [9.17, 15) is 19.2 Å². The molecule has 0 radical (unpaired) electrons. The number of rotatable bonds is 8. The number of ether oxygens (including phenoxy) is 3. The van der Waals surface area contributed by atoms with Crippen molar-refractivity contribution in [2.45, 2.75) is 30.0 Å². The monoisotopic (exact) mass is 618 g/mol. The van der Waals surface area contributed by atoms with Gasteiger partial charge >= 0.3 is 10.8 Å². The summed E-state index contributed by atoms with van der Waals surface area (Å²) in [5, 5.41) is -0.116. The number of nitrogens with zero attached hydrogens (tertiary/aromatic N) is 1. The first-order chi connectivity index (χ1) is 18.3. The summed E-state index contributed by atoms with van der Waals surface area (Å²) in [6, 6.07) is 12.2. The number of halogens is 1. The third kappa shape index (κ3) is 4.87. The molecule has 0 saturated carbocycles. The maximum Gasteiger partial charge on any atom is 0.344 e. The number of carbonyl (C=O) groups is 3. The zero-order valence-electron chi connectivity index (χ0n) is 20.4. The van der Waals surface area contributed by atoms with Crippen LogP contribution in [-0.2, 0) is 19.1 Å². The van der Waals surface area contributed by atoms with Crippen LogP contribution < -0.4 is 19.2 Å². The quantitative estimate of drug-likeness (QED) is 0.293. The molecule has 2 aliphatic heterocycles. The Balaban J connectivity index is 1.55. The van der Waals surface area contributed by atoms with Gasteiger partial charge in [0.2, 0.25) is 11.8 Å². The Morgan fingerprint density at radius 2 is 1.76 bits per heavy atom. The number of aromatic nitrogens is 1. The Morgan fingerprint density at radius 3 is 2.47 bits per heavy atom. The first-order valence-electron chi connectivity index (χ1n) is 11.9. The second-order valence-electron chi connectivity index (χ2n) is 8.47. The molecule has 1 saturated heterocycles. The van der Waals surface area contributed by atoms with Gasteiger partial charge in [0.1, 0.15) is 5.25 Å². The van der Waals surface area contributed by atoms with Gasteiger partial charge in [0.25, 0.3) is 0 Å². The van der Waals surface area contributed by atoms with Crippen molar-refractivity contribution in [2.75, 3.05) is 24.7 Å². The lowest BCUT2D eigenvalue weighted by Gasteiger charge is -2.30. The maximum absolute atomic E-state index is 13.8. The van der Waals surface area contributed by atoms with Crippen molar-refractivity contribution in [3.05, 3.63) is 67.0 Å². The lowest BCUT2D eigenvalue weighted by Crippen LogP contribution is -2.32. The minimum absolute atomic E-state index is 0.244. The largest absolute Gasteiger partial charge is 0.490 e. The number of amides is 2. The number of thiazole rings is 1. The summed E-state index contributed by atoms with van der Waals surface area (Å²) in [5.41, 5.74) is 1.19. The van der Waals surface area contributed by atoms with Gasteiger partial charge in [-0.15, -0.1) is 0 Å². The molecule has 2 aromatic carbocycles. The van der Waals surface area contributed by atoms with E-state index in [4.69, 9.17) is 14.2 Å². The summed E-state index contributed by atoms with van der Waals surface area (Å²) in [4.78, 5) is 56.0. The fourth-order valence-corrected chi connectivity index (χ4v) is 7.45. The zero-order valence-corrected chi connectivity index (χ0v) is 23.6. The normalized spacial score (nSPS) is 20.2. The second kappa shape index (κ2) is 11.0. The lowest BCUT2D eigenvalue weighted by molar-refractivity contribution is -0.145. The third-order valence-electron chi connectivity index (χ3n) is 6.19. The number of anilines is 1. The van der Waals surface area contributed by atoms with E-state index < -0.39 is 23.1 Å². The number of esters is 1. The van der Waals surface area contributed by atoms with Crippen molar-refractivity contribution in [2.24, 2.45) is 5.92 Å². The molecule has 2 amide bonds. The summed E-state index contributed by atoms with van der Waals surface area (Å²) in [5.74, 6) is -1.71. The highest BCUT2D eigenvalue weighted by molar-refractivity contribution is 9.10. The number of benzene rings is 2. The Hall–Kier alpha value is -3.09. The minimum Gasteiger partial charge on any atom is -0.490 e. The number of imide groups is 1. The van der Waals surface area contributed by atoms with E-state index in [0.717, 1.165) is 15.8 Å². The van der Waals surface area contributed by atoms with Crippen LogP contribution in [0.25, 0.3) is 0 Å². The number of hydrogen-bond donors (Lipinski definition) is 1. The van der Waals surface area contributed by atoms with Gasteiger partial charge in [-0.25, -0.2) is 9.69 Å². The average molecular weight is 620 g/mol. The fourth-order valence-electron chi connectivity index (χ4n) is 4.67. The molecule has 0 bridgehead atoms. The molecule has 1 fully saturated rings. The summed E-state index contributed by atoms with van der Waals surface area (Å²) in [6.45, 7) is 3.83. The fraction of sp³-hybridized carbons (Fsp3) is 0.308. The molecule has 1 aromatic heterocycles. The molecule has 0 spiro atoms. The predicted octanol–water partition coefficient (Wildman–Crippen LogP) is 4.34. The molecule has 0 aliphatic carbocycles. The molecular formula is C26H23BrN2O7S2. The Labute approximate surface area is 234 Å². The summed E-state index contributed by atoms with van der Waals surface area (Å²) in [7, 11) is 0. The topological polar surface area (TPSA) is 115 Å². The van der Waals surface area contributed by atoms with Gasteiger partial charge in [0.15, 0.2) is 18.1 Å². The van der Waals surface area contributed by atoms with Crippen LogP contribution >= 0.6 is 39.0 Å². The van der Waals surface area contributed by atoms with Crippen LogP contribution in [0.1, 0.15) is 30.2 Å². The molecule has 2 aliphatic rings. The van der Waals surface area contributed by atoms with E-state index >= 15 is 0 Å². The van der Waals surface area contributed by atoms with Crippen molar-refractivity contribution in [3.63, 3.8) is 0 Å². The van der Waals surface area contributed by atoms with E-state index in [1.165, 1.54) is 16.7 Å². The van der Waals surface area contributed by atoms with Gasteiger partial charge in [-0.1, -0.05) is 45.1 Å². The van der Waals surface area contributed by atoms with Gasteiger partial charge in [-0.3, -0.25) is 14.4 Å². The highest BCUT2D eigenvalue weighted by Gasteiger charge is 2.56. The van der Waals surface area contributed by atoms with Gasteiger partial charge in [-0.05, 0) is 55.8 Å². The summed E-state index contributed by atoms with van der Waals surface area (Å²) >= 11 is 5.64. The van der Waals surface area contributed by atoms with Crippen molar-refractivity contribution in [3.8, 4) is 11.5 Å². The Kier molecular flexibility index (Phi) is 7.64. The maximum atomic E-state index is 13.8. The Bertz CT molecular complexity index is 1450. The minimum atomic E-state index is -0.726. The summed E-state index contributed by atoms with van der Waals surface area (Å²) in [6.07, 6.45) is 0. The third-order valence-corrected chi connectivity index (χ3v) is 9.12. The molecule has 5 rings (SSSR count). The van der Waals surface area contributed by atoms with E-state index in [0.29, 0.717) is 39.3 Å². The molecule has 9 nitrogen and oxygen atoms in total. The predicted molar refractivity (Wildman–Crippen MR) is 146 cm³/mol. The van der Waals surface area contributed by atoms with Gasteiger partial charge < -0.3 is 19.2 Å². The number of H-pyrrole nitrogens is 1. The smallest absolute Gasteiger partial charge is 0.344 e. The average Bonchev–Trinajstić information content (AvgIpc) is 3.38. The molecule has 1 N–H and O–H groups in total. The van der Waals surface area contributed by atoms with Crippen molar-refractivity contribution < 1.29 is 28.6 Å². The first-order valence-corrected chi connectivity index (χ1v) is 14.4. The van der Waals surface area contributed by atoms with E-state index in [2.05, 4.69) is 20.9 Å². The van der Waals surface area contributed by atoms with Crippen molar-refractivity contribution in [1.29, 1.82) is 0 Å². The number of hydrogen-bond acceptors (Lipinski definition) is 9.